The molecule has 1 heterocycles. The van der Waals surface area contributed by atoms with Gasteiger partial charge in [-0.3, -0.25) is 0 Å². The Morgan fingerprint density at radius 1 is 1.50 bits per heavy atom. The highest BCUT2D eigenvalue weighted by atomic mass is 19.3. The third kappa shape index (κ3) is 1.49. The summed E-state index contributed by atoms with van der Waals surface area (Å²) in [5.41, 5.74) is -0.481. The van der Waals surface area contributed by atoms with Crippen LogP contribution in [0, 0.1) is 5.95 Å². The molecule has 2 nitrogen and oxygen atoms in total. The number of methoxy groups -OCH3 is 1. The van der Waals surface area contributed by atoms with Gasteiger partial charge in [-0.15, -0.1) is 0 Å². The fraction of sp³-hybridized carbons (Fsp3) is 0.286. The van der Waals surface area contributed by atoms with Gasteiger partial charge in [0.05, 0.1) is 12.7 Å². The van der Waals surface area contributed by atoms with E-state index in [4.69, 9.17) is 0 Å². The zero-order valence-corrected chi connectivity index (χ0v) is 6.22. The highest BCUT2D eigenvalue weighted by molar-refractivity contribution is 5.31. The minimum atomic E-state index is -2.75. The molecule has 5 heteroatoms. The number of rotatable bonds is 2. The second kappa shape index (κ2) is 3.42. The van der Waals surface area contributed by atoms with Crippen LogP contribution in [0.4, 0.5) is 13.2 Å². The first kappa shape index (κ1) is 8.83. The Labute approximate surface area is 67.0 Å². The number of hydrogen-bond donors (Lipinski definition) is 0. The summed E-state index contributed by atoms with van der Waals surface area (Å²) in [6, 6.07) is 1.02. The fourth-order valence-electron chi connectivity index (χ4n) is 0.810. The minimum absolute atomic E-state index is 0.481. The molecule has 1 aromatic heterocycles. The van der Waals surface area contributed by atoms with Gasteiger partial charge in [0.1, 0.15) is 0 Å². The minimum Gasteiger partial charge on any atom is -0.492 e. The van der Waals surface area contributed by atoms with E-state index in [1.54, 1.807) is 0 Å². The Morgan fingerprint density at radius 2 is 2.17 bits per heavy atom. The lowest BCUT2D eigenvalue weighted by Crippen LogP contribution is -1.97. The Hall–Kier alpha value is -1.26. The number of hydrogen-bond acceptors (Lipinski definition) is 2. The molecule has 0 aliphatic rings. The van der Waals surface area contributed by atoms with Crippen molar-refractivity contribution in [2.45, 2.75) is 6.43 Å². The summed E-state index contributed by atoms with van der Waals surface area (Å²) in [5.74, 6) is -1.51. The SMILES string of the molecule is COc1c(C(F)F)ccnc1F. The summed E-state index contributed by atoms with van der Waals surface area (Å²) in [6.07, 6.45) is -1.78. The van der Waals surface area contributed by atoms with Gasteiger partial charge in [-0.25, -0.2) is 13.8 Å². The van der Waals surface area contributed by atoms with Crippen molar-refractivity contribution >= 4 is 0 Å². The molecule has 0 spiro atoms. The zero-order valence-electron chi connectivity index (χ0n) is 6.22. The largest absolute Gasteiger partial charge is 0.492 e. The molecule has 0 amide bonds. The molecule has 0 unspecified atom stereocenters. The van der Waals surface area contributed by atoms with Gasteiger partial charge >= 0.3 is 0 Å². The number of halogens is 3. The van der Waals surface area contributed by atoms with Crippen LogP contribution in [0.5, 0.6) is 5.75 Å². The molecule has 0 aliphatic carbocycles. The molecular weight excluding hydrogens is 171 g/mol. The predicted octanol–water partition coefficient (Wildman–Crippen LogP) is 2.17. The van der Waals surface area contributed by atoms with Gasteiger partial charge in [-0.05, 0) is 6.07 Å². The van der Waals surface area contributed by atoms with E-state index in [9.17, 15) is 13.2 Å². The molecule has 0 atom stereocenters. The monoisotopic (exact) mass is 177 g/mol. The van der Waals surface area contributed by atoms with E-state index in [0.29, 0.717) is 0 Å². The van der Waals surface area contributed by atoms with Gasteiger partial charge in [0.15, 0.2) is 5.75 Å². The lowest BCUT2D eigenvalue weighted by molar-refractivity contribution is 0.145. The van der Waals surface area contributed by atoms with Gasteiger partial charge in [0.25, 0.3) is 12.4 Å². The summed E-state index contributed by atoms with van der Waals surface area (Å²) in [4.78, 5) is 3.17. The molecule has 0 saturated heterocycles. The van der Waals surface area contributed by atoms with Crippen LogP contribution in [-0.2, 0) is 0 Å². The van der Waals surface area contributed by atoms with E-state index in [1.165, 1.54) is 0 Å². The molecular formula is C7H6F3NO. The molecule has 1 aromatic rings. The highest BCUT2D eigenvalue weighted by Crippen LogP contribution is 2.29. The maximum atomic E-state index is 12.6. The van der Waals surface area contributed by atoms with Crippen LogP contribution in [0.1, 0.15) is 12.0 Å². The van der Waals surface area contributed by atoms with Crippen LogP contribution in [0.15, 0.2) is 12.3 Å². The Balaban J connectivity index is 3.18. The van der Waals surface area contributed by atoms with Crippen molar-refractivity contribution in [1.82, 2.24) is 4.98 Å². The van der Waals surface area contributed by atoms with Crippen molar-refractivity contribution in [1.29, 1.82) is 0 Å². The van der Waals surface area contributed by atoms with E-state index in [2.05, 4.69) is 9.72 Å². The molecule has 0 N–H and O–H groups in total. The molecule has 1 rings (SSSR count). The van der Waals surface area contributed by atoms with E-state index in [-0.39, 0.29) is 0 Å². The molecule has 0 aliphatic heterocycles. The Kier molecular flexibility index (Phi) is 2.52. The number of nitrogens with zero attached hydrogens (tertiary/aromatic N) is 1. The smallest absolute Gasteiger partial charge is 0.267 e. The normalized spacial score (nSPS) is 10.4. The third-order valence-corrected chi connectivity index (χ3v) is 1.33. The zero-order chi connectivity index (χ0) is 9.14. The average molecular weight is 177 g/mol. The summed E-state index contributed by atoms with van der Waals surface area (Å²) < 4.78 is 41.3. The average Bonchev–Trinajstić information content (AvgIpc) is 2.03. The lowest BCUT2D eigenvalue weighted by Gasteiger charge is -2.06. The molecule has 0 fully saturated rings. The van der Waals surface area contributed by atoms with Crippen LogP contribution in [0.3, 0.4) is 0 Å². The van der Waals surface area contributed by atoms with E-state index in [0.717, 1.165) is 19.4 Å². The van der Waals surface area contributed by atoms with Crippen molar-refractivity contribution in [2.75, 3.05) is 7.11 Å². The topological polar surface area (TPSA) is 22.1 Å². The van der Waals surface area contributed by atoms with Gasteiger partial charge in [0, 0.05) is 6.20 Å². The fourth-order valence-corrected chi connectivity index (χ4v) is 0.810. The van der Waals surface area contributed by atoms with Gasteiger partial charge < -0.3 is 4.74 Å². The van der Waals surface area contributed by atoms with Crippen LogP contribution >= 0.6 is 0 Å². The van der Waals surface area contributed by atoms with Crippen LogP contribution in [0.2, 0.25) is 0 Å². The summed E-state index contributed by atoms with van der Waals surface area (Å²) in [5, 5.41) is 0. The first-order chi connectivity index (χ1) is 5.66. The quantitative estimate of drug-likeness (QED) is 0.646. The van der Waals surface area contributed by atoms with Crippen LogP contribution in [-0.4, -0.2) is 12.1 Å². The second-order valence-corrected chi connectivity index (χ2v) is 2.02. The first-order valence-corrected chi connectivity index (χ1v) is 3.13. The summed E-state index contributed by atoms with van der Waals surface area (Å²) >= 11 is 0. The second-order valence-electron chi connectivity index (χ2n) is 2.02. The van der Waals surface area contributed by atoms with Crippen molar-refractivity contribution in [2.24, 2.45) is 0 Å². The maximum absolute atomic E-state index is 12.6. The van der Waals surface area contributed by atoms with Gasteiger partial charge in [-0.2, -0.15) is 4.39 Å². The van der Waals surface area contributed by atoms with E-state index in [1.807, 2.05) is 0 Å². The molecule has 0 saturated carbocycles. The lowest BCUT2D eigenvalue weighted by atomic mass is 10.2. The first-order valence-electron chi connectivity index (χ1n) is 3.13. The number of pyridine rings is 1. The standard InChI is InChI=1S/C7H6F3NO/c1-12-5-4(6(8)9)2-3-11-7(5)10/h2-3,6H,1H3. The van der Waals surface area contributed by atoms with Gasteiger partial charge in [0.2, 0.25) is 0 Å². The van der Waals surface area contributed by atoms with Crippen LogP contribution in [0.25, 0.3) is 0 Å². The van der Waals surface area contributed by atoms with Crippen LogP contribution < -0.4 is 4.74 Å². The molecule has 0 bridgehead atoms. The van der Waals surface area contributed by atoms with E-state index >= 15 is 0 Å². The predicted molar refractivity (Wildman–Crippen MR) is 35.7 cm³/mol. The molecule has 0 aromatic carbocycles. The maximum Gasteiger partial charge on any atom is 0.267 e. The van der Waals surface area contributed by atoms with Crippen molar-refractivity contribution in [3.05, 3.63) is 23.8 Å². The Bertz CT molecular complexity index is 277. The number of alkyl halides is 2. The van der Waals surface area contributed by atoms with Crippen molar-refractivity contribution in [3.8, 4) is 5.75 Å². The van der Waals surface area contributed by atoms with Crippen molar-refractivity contribution < 1.29 is 17.9 Å². The Morgan fingerprint density at radius 3 is 2.58 bits per heavy atom. The number of aromatic nitrogens is 1. The third-order valence-electron chi connectivity index (χ3n) is 1.33. The van der Waals surface area contributed by atoms with E-state index < -0.39 is 23.7 Å². The van der Waals surface area contributed by atoms with Gasteiger partial charge in [-0.1, -0.05) is 0 Å². The number of ether oxygens (including phenoxy) is 1. The molecule has 66 valence electrons. The summed E-state index contributed by atoms with van der Waals surface area (Å²) in [6.45, 7) is 0. The summed E-state index contributed by atoms with van der Waals surface area (Å²) in [7, 11) is 1.12. The molecule has 12 heavy (non-hydrogen) atoms. The molecule has 0 radical (unpaired) electrons. The highest BCUT2D eigenvalue weighted by Gasteiger charge is 2.17. The van der Waals surface area contributed by atoms with Crippen molar-refractivity contribution in [3.63, 3.8) is 0 Å².